The summed E-state index contributed by atoms with van der Waals surface area (Å²) in [6.07, 6.45) is 3.84. The Balaban J connectivity index is 1.51. The third-order valence-corrected chi connectivity index (χ3v) is 5.50. The molecule has 1 aromatic carbocycles. The molecule has 0 atom stereocenters. The largest absolute Gasteiger partial charge is 0.348 e. The van der Waals surface area contributed by atoms with Crippen molar-refractivity contribution in [2.45, 2.75) is 33.7 Å². The maximum Gasteiger partial charge on any atom is 0.251 e. The third kappa shape index (κ3) is 4.47. The first kappa shape index (κ1) is 21.1. The van der Waals surface area contributed by atoms with E-state index in [1.165, 1.54) is 0 Å². The summed E-state index contributed by atoms with van der Waals surface area (Å²) in [7, 11) is 0. The zero-order valence-electron chi connectivity index (χ0n) is 18.3. The average Bonchev–Trinajstić information content (AvgIpc) is 2.78. The van der Waals surface area contributed by atoms with Crippen LogP contribution in [-0.2, 0) is 13.0 Å². The number of fused-ring (bicyclic) bond motifs is 1. The third-order valence-electron chi connectivity index (χ3n) is 5.50. The number of nitriles is 1. The van der Waals surface area contributed by atoms with Crippen LogP contribution in [0.4, 0.5) is 0 Å². The molecule has 158 valence electrons. The lowest BCUT2D eigenvalue weighted by Crippen LogP contribution is -2.24. The molecule has 0 saturated heterocycles. The molecule has 0 fully saturated rings. The Morgan fingerprint density at radius 2 is 1.84 bits per heavy atom. The van der Waals surface area contributed by atoms with Gasteiger partial charge < -0.3 is 5.32 Å². The number of amides is 1. The monoisotopic (exact) mass is 421 g/mol. The normalized spacial score (nSPS) is 10.7. The lowest BCUT2D eigenvalue weighted by Gasteiger charge is -2.12. The number of carbonyl (C=O) groups is 1. The van der Waals surface area contributed by atoms with Gasteiger partial charge in [-0.15, -0.1) is 0 Å². The minimum absolute atomic E-state index is 0.150. The summed E-state index contributed by atoms with van der Waals surface area (Å²) >= 11 is 0. The summed E-state index contributed by atoms with van der Waals surface area (Å²) in [4.78, 5) is 26.0. The fourth-order valence-corrected chi connectivity index (χ4v) is 3.91. The summed E-state index contributed by atoms with van der Waals surface area (Å²) in [5, 5.41) is 13.2. The molecule has 0 aliphatic rings. The van der Waals surface area contributed by atoms with Crippen molar-refractivity contribution in [2.75, 3.05) is 0 Å². The van der Waals surface area contributed by atoms with Crippen LogP contribution < -0.4 is 5.32 Å². The molecule has 4 rings (SSSR count). The van der Waals surface area contributed by atoms with E-state index in [0.29, 0.717) is 24.1 Å². The molecule has 6 nitrogen and oxygen atoms in total. The quantitative estimate of drug-likeness (QED) is 0.517. The molecule has 3 aromatic heterocycles. The van der Waals surface area contributed by atoms with Crippen molar-refractivity contribution < 1.29 is 4.79 Å². The number of aryl methyl sites for hydroxylation is 3. The van der Waals surface area contributed by atoms with Gasteiger partial charge in [-0.1, -0.05) is 6.07 Å². The molecule has 0 spiro atoms. The molecule has 1 N–H and O–H groups in total. The molecule has 0 radical (unpaired) electrons. The predicted octanol–water partition coefficient (Wildman–Crippen LogP) is 4.34. The van der Waals surface area contributed by atoms with Crippen LogP contribution in [-0.4, -0.2) is 20.9 Å². The van der Waals surface area contributed by atoms with E-state index < -0.39 is 0 Å². The minimum atomic E-state index is -0.150. The topological polar surface area (TPSA) is 91.6 Å². The van der Waals surface area contributed by atoms with E-state index in [-0.39, 0.29) is 5.91 Å². The van der Waals surface area contributed by atoms with Gasteiger partial charge in [0, 0.05) is 53.4 Å². The summed E-state index contributed by atoms with van der Waals surface area (Å²) in [6, 6.07) is 15.3. The average molecular weight is 422 g/mol. The van der Waals surface area contributed by atoms with Crippen LogP contribution in [0.2, 0.25) is 0 Å². The van der Waals surface area contributed by atoms with Gasteiger partial charge in [0.2, 0.25) is 0 Å². The predicted molar refractivity (Wildman–Crippen MR) is 123 cm³/mol. The Morgan fingerprint density at radius 1 is 1.03 bits per heavy atom. The van der Waals surface area contributed by atoms with Crippen LogP contribution in [0, 0.1) is 32.1 Å². The maximum absolute atomic E-state index is 12.8. The SMILES string of the molecule is Cc1cc(C)c(CNC(=O)c2ccnc(Cc3ccc4nccc(C#N)c4c3)c2)c(C)n1. The van der Waals surface area contributed by atoms with Crippen molar-refractivity contribution in [3.05, 3.63) is 99.8 Å². The van der Waals surface area contributed by atoms with Crippen molar-refractivity contribution in [3.63, 3.8) is 0 Å². The minimum Gasteiger partial charge on any atom is -0.348 e. The molecule has 0 unspecified atom stereocenters. The number of benzene rings is 1. The molecular weight excluding hydrogens is 398 g/mol. The Hall–Kier alpha value is -4.11. The molecule has 0 saturated carbocycles. The number of hydrogen-bond donors (Lipinski definition) is 1. The highest BCUT2D eigenvalue weighted by Crippen LogP contribution is 2.20. The molecule has 32 heavy (non-hydrogen) atoms. The van der Waals surface area contributed by atoms with Gasteiger partial charge in [-0.2, -0.15) is 5.26 Å². The van der Waals surface area contributed by atoms with Gasteiger partial charge >= 0.3 is 0 Å². The van der Waals surface area contributed by atoms with E-state index in [4.69, 9.17) is 0 Å². The first-order chi connectivity index (χ1) is 15.4. The van der Waals surface area contributed by atoms with Crippen molar-refractivity contribution in [1.29, 1.82) is 5.26 Å². The van der Waals surface area contributed by atoms with Gasteiger partial charge in [0.25, 0.3) is 5.91 Å². The van der Waals surface area contributed by atoms with E-state index in [9.17, 15) is 10.1 Å². The molecule has 0 aliphatic heterocycles. The van der Waals surface area contributed by atoms with Crippen LogP contribution in [0.3, 0.4) is 0 Å². The smallest absolute Gasteiger partial charge is 0.251 e. The van der Waals surface area contributed by atoms with Gasteiger partial charge in [-0.25, -0.2) is 0 Å². The lowest BCUT2D eigenvalue weighted by atomic mass is 10.0. The van der Waals surface area contributed by atoms with Crippen LogP contribution in [0.15, 0.2) is 54.9 Å². The molecular formula is C26H23N5O. The number of carbonyl (C=O) groups excluding carboxylic acids is 1. The molecule has 0 bridgehead atoms. The van der Waals surface area contributed by atoms with Crippen LogP contribution in [0.1, 0.15) is 49.7 Å². The summed E-state index contributed by atoms with van der Waals surface area (Å²) in [5.41, 5.74) is 7.78. The number of hydrogen-bond acceptors (Lipinski definition) is 5. The van der Waals surface area contributed by atoms with Gasteiger partial charge in [0.1, 0.15) is 0 Å². The van der Waals surface area contributed by atoms with Gasteiger partial charge in [0.05, 0.1) is 17.1 Å². The first-order valence-electron chi connectivity index (χ1n) is 10.4. The Morgan fingerprint density at radius 3 is 2.62 bits per heavy atom. The van der Waals surface area contributed by atoms with E-state index in [1.807, 2.05) is 45.0 Å². The second kappa shape index (κ2) is 8.94. The van der Waals surface area contributed by atoms with Crippen molar-refractivity contribution in [2.24, 2.45) is 0 Å². The second-order valence-corrected chi connectivity index (χ2v) is 7.86. The van der Waals surface area contributed by atoms with E-state index in [1.54, 1.807) is 30.6 Å². The molecule has 3 heterocycles. The Kier molecular flexibility index (Phi) is 5.91. The number of aromatic nitrogens is 3. The van der Waals surface area contributed by atoms with E-state index >= 15 is 0 Å². The fourth-order valence-electron chi connectivity index (χ4n) is 3.91. The second-order valence-electron chi connectivity index (χ2n) is 7.86. The Bertz CT molecular complexity index is 1350. The maximum atomic E-state index is 12.8. The first-order valence-corrected chi connectivity index (χ1v) is 10.4. The van der Waals surface area contributed by atoms with Gasteiger partial charge in [-0.05, 0) is 73.9 Å². The number of rotatable bonds is 5. The van der Waals surface area contributed by atoms with Crippen molar-refractivity contribution in [1.82, 2.24) is 20.3 Å². The van der Waals surface area contributed by atoms with Crippen molar-refractivity contribution in [3.8, 4) is 6.07 Å². The molecule has 6 heteroatoms. The molecule has 1 amide bonds. The van der Waals surface area contributed by atoms with Crippen LogP contribution in [0.25, 0.3) is 10.9 Å². The molecule has 0 aliphatic carbocycles. The molecule has 4 aromatic rings. The number of nitrogens with zero attached hydrogens (tertiary/aromatic N) is 4. The fraction of sp³-hybridized carbons (Fsp3) is 0.192. The van der Waals surface area contributed by atoms with E-state index in [2.05, 4.69) is 26.3 Å². The lowest BCUT2D eigenvalue weighted by molar-refractivity contribution is 0.0950. The standard InChI is InChI=1S/C26H23N5O/c1-16-10-17(2)31-18(3)24(16)15-30-26(32)20-6-8-28-22(13-20)11-19-4-5-25-23(12-19)21(14-27)7-9-29-25/h4-10,12-13H,11,15H2,1-3H3,(H,30,32). The highest BCUT2D eigenvalue weighted by molar-refractivity contribution is 5.94. The zero-order chi connectivity index (χ0) is 22.7. The van der Waals surface area contributed by atoms with Gasteiger partial charge in [0.15, 0.2) is 0 Å². The number of nitrogens with one attached hydrogen (secondary N) is 1. The van der Waals surface area contributed by atoms with Crippen LogP contribution >= 0.6 is 0 Å². The summed E-state index contributed by atoms with van der Waals surface area (Å²) in [6.45, 7) is 6.39. The van der Waals surface area contributed by atoms with Gasteiger partial charge in [-0.3, -0.25) is 19.7 Å². The Labute approximate surface area is 187 Å². The summed E-state index contributed by atoms with van der Waals surface area (Å²) < 4.78 is 0. The highest BCUT2D eigenvalue weighted by Gasteiger charge is 2.11. The zero-order valence-corrected chi connectivity index (χ0v) is 18.3. The number of pyridine rings is 3. The van der Waals surface area contributed by atoms with Crippen molar-refractivity contribution >= 4 is 16.8 Å². The van der Waals surface area contributed by atoms with Crippen LogP contribution in [0.5, 0.6) is 0 Å². The van der Waals surface area contributed by atoms with E-state index in [0.717, 1.165) is 44.7 Å². The summed E-state index contributed by atoms with van der Waals surface area (Å²) in [5.74, 6) is -0.150. The highest BCUT2D eigenvalue weighted by atomic mass is 16.1.